The first-order chi connectivity index (χ1) is 12.2. The van der Waals surface area contributed by atoms with Crippen LogP contribution in [0.3, 0.4) is 0 Å². The largest absolute Gasteiger partial charge is 0.288 e. The number of carbonyl (C=O) groups excluding carboxylic acids is 2. The van der Waals surface area contributed by atoms with E-state index >= 15 is 0 Å². The minimum Gasteiger partial charge on any atom is -0.288 e. The summed E-state index contributed by atoms with van der Waals surface area (Å²) < 4.78 is 0. The van der Waals surface area contributed by atoms with Crippen molar-refractivity contribution >= 4 is 105 Å². The fraction of sp³-hybridized carbons (Fsp3) is 0. The number of carbonyl (C=O) groups is 2. The maximum absolute atomic E-state index is 12.9. The van der Waals surface area contributed by atoms with E-state index in [1.807, 2.05) is 0 Å². The first-order valence-corrected chi connectivity index (χ1v) is 10.7. The zero-order valence-corrected chi connectivity index (χ0v) is 18.2. The van der Waals surface area contributed by atoms with Gasteiger partial charge in [-0.05, 0) is 12.1 Å². The predicted octanol–water partition coefficient (Wildman–Crippen LogP) is 8.10. The van der Waals surface area contributed by atoms with Crippen LogP contribution in [0, 0.1) is 0 Å². The molecule has 0 fully saturated rings. The summed E-state index contributed by atoms with van der Waals surface area (Å²) >= 11 is 38.9. The molecule has 2 aliphatic rings. The van der Waals surface area contributed by atoms with Gasteiger partial charge in [-0.2, -0.15) is 0 Å². The van der Waals surface area contributed by atoms with Gasteiger partial charge in [-0.1, -0.05) is 93.1 Å². The molecule has 0 aliphatic carbocycles. The van der Waals surface area contributed by atoms with Gasteiger partial charge in [0.25, 0.3) is 0 Å². The maximum Gasteiger partial charge on any atom is 0.203 e. The Labute approximate surface area is 186 Å². The summed E-state index contributed by atoms with van der Waals surface area (Å²) in [5.41, 5.74) is 0.382. The smallest absolute Gasteiger partial charge is 0.203 e. The van der Waals surface area contributed by atoms with Crippen LogP contribution in [0.25, 0.3) is 0 Å². The Morgan fingerprint density at radius 1 is 0.577 bits per heavy atom. The summed E-state index contributed by atoms with van der Waals surface area (Å²) in [5.74, 6) is -0.831. The number of Topliss-reactive ketones (excluding diaryl/α,β-unsaturated/α-hetero) is 2. The van der Waals surface area contributed by atoms with Gasteiger partial charge in [0.2, 0.25) is 11.6 Å². The molecule has 0 saturated heterocycles. The van der Waals surface area contributed by atoms with E-state index in [1.165, 1.54) is 12.1 Å². The van der Waals surface area contributed by atoms with Crippen molar-refractivity contribution in [1.29, 1.82) is 0 Å². The van der Waals surface area contributed by atoms with Crippen molar-refractivity contribution in [3.8, 4) is 0 Å². The molecule has 0 aromatic heterocycles. The van der Waals surface area contributed by atoms with E-state index in [-0.39, 0.29) is 51.1 Å². The number of rotatable bonds is 0. The Morgan fingerprint density at radius 2 is 0.923 bits per heavy atom. The number of thioether (sulfide) groups is 2. The van der Waals surface area contributed by atoms with Gasteiger partial charge in [0.15, 0.2) is 0 Å². The van der Waals surface area contributed by atoms with Gasteiger partial charge in [0.1, 0.15) is 0 Å². The Hall–Kier alpha value is -0.0400. The van der Waals surface area contributed by atoms with Crippen molar-refractivity contribution in [2.75, 3.05) is 0 Å². The highest BCUT2D eigenvalue weighted by molar-refractivity contribution is 8.08. The van der Waals surface area contributed by atoms with Gasteiger partial charge in [0, 0.05) is 9.79 Å². The highest BCUT2D eigenvalue weighted by Crippen LogP contribution is 2.56. The Morgan fingerprint density at radius 3 is 1.27 bits per heavy atom. The third-order valence-electron chi connectivity index (χ3n) is 3.73. The molecule has 2 aromatic carbocycles. The van der Waals surface area contributed by atoms with Crippen molar-refractivity contribution in [1.82, 2.24) is 0 Å². The number of benzene rings is 2. The van der Waals surface area contributed by atoms with Crippen LogP contribution in [0.15, 0.2) is 31.7 Å². The van der Waals surface area contributed by atoms with E-state index in [0.717, 1.165) is 23.5 Å². The summed E-state index contributed by atoms with van der Waals surface area (Å²) in [5, 5.41) is 1.12. The second-order valence-corrected chi connectivity index (χ2v) is 9.66. The summed E-state index contributed by atoms with van der Waals surface area (Å²) in [4.78, 5) is 27.2. The second kappa shape index (κ2) is 6.78. The molecule has 10 heteroatoms. The maximum atomic E-state index is 12.9. The van der Waals surface area contributed by atoms with Crippen LogP contribution in [-0.4, -0.2) is 11.6 Å². The van der Waals surface area contributed by atoms with E-state index in [0.29, 0.717) is 9.79 Å². The SMILES string of the molecule is O=C1/C(=C2/Sc3c(Cl)cc(Cl)c(Cl)c3C2=O)Sc2c(Cl)cc(Cl)c(Cl)c21. The van der Waals surface area contributed by atoms with Gasteiger partial charge in [-0.3, -0.25) is 9.59 Å². The van der Waals surface area contributed by atoms with Crippen molar-refractivity contribution in [3.05, 3.63) is 63.2 Å². The van der Waals surface area contributed by atoms with Crippen molar-refractivity contribution in [3.63, 3.8) is 0 Å². The van der Waals surface area contributed by atoms with Crippen molar-refractivity contribution in [2.24, 2.45) is 0 Å². The molecule has 4 rings (SSSR count). The number of ketones is 2. The van der Waals surface area contributed by atoms with E-state index in [4.69, 9.17) is 69.6 Å². The summed E-state index contributed by atoms with van der Waals surface area (Å²) in [7, 11) is 0. The number of halogens is 6. The normalized spacial score (nSPS) is 18.5. The Balaban J connectivity index is 1.91. The van der Waals surface area contributed by atoms with Crippen LogP contribution < -0.4 is 0 Å². The molecular weight excluding hydrogens is 501 g/mol. The standard InChI is InChI=1S/C16H2Cl6O2S2/c17-3-1-5(19)13-7(9(3)21)11(23)15(25-13)16-12(24)8-10(22)4(18)2-6(20)14(8)26-16/h1-2H/b16-15-. The number of allylic oxidation sites excluding steroid dienone is 2. The molecule has 0 saturated carbocycles. The van der Waals surface area contributed by atoms with Gasteiger partial charge < -0.3 is 0 Å². The topological polar surface area (TPSA) is 34.1 Å². The molecule has 2 heterocycles. The van der Waals surface area contributed by atoms with Gasteiger partial charge >= 0.3 is 0 Å². The molecule has 0 N–H and O–H groups in total. The first-order valence-electron chi connectivity index (χ1n) is 6.76. The third kappa shape index (κ3) is 2.73. The predicted molar refractivity (Wildman–Crippen MR) is 110 cm³/mol. The van der Waals surface area contributed by atoms with Crippen LogP contribution in [-0.2, 0) is 0 Å². The van der Waals surface area contributed by atoms with Gasteiger partial charge in [-0.15, -0.1) is 0 Å². The average Bonchev–Trinajstić information content (AvgIpc) is 3.09. The monoisotopic (exact) mass is 500 g/mol. The summed E-state index contributed by atoms with van der Waals surface area (Å²) in [6, 6.07) is 2.92. The fourth-order valence-corrected chi connectivity index (χ4v) is 6.65. The van der Waals surface area contributed by atoms with Gasteiger partial charge in [-0.25, -0.2) is 0 Å². The molecule has 0 unspecified atom stereocenters. The second-order valence-electron chi connectivity index (χ2n) is 5.24. The Kier molecular flexibility index (Phi) is 5.03. The molecule has 0 atom stereocenters. The lowest BCUT2D eigenvalue weighted by Gasteiger charge is -2.03. The molecule has 26 heavy (non-hydrogen) atoms. The minimum absolute atomic E-state index is 0.103. The van der Waals surface area contributed by atoms with Crippen LogP contribution in [0.5, 0.6) is 0 Å². The fourth-order valence-electron chi connectivity index (χ4n) is 2.59. The van der Waals surface area contributed by atoms with Crippen molar-refractivity contribution in [2.45, 2.75) is 9.79 Å². The van der Waals surface area contributed by atoms with E-state index in [2.05, 4.69) is 0 Å². The quantitative estimate of drug-likeness (QED) is 0.269. The molecule has 0 spiro atoms. The molecule has 132 valence electrons. The average molecular weight is 503 g/mol. The molecule has 2 aliphatic heterocycles. The molecule has 2 aromatic rings. The highest BCUT2D eigenvalue weighted by atomic mass is 35.5. The number of hydrogen-bond donors (Lipinski definition) is 0. The van der Waals surface area contributed by atoms with E-state index < -0.39 is 11.6 Å². The first kappa shape index (κ1) is 19.3. The summed E-state index contributed by atoms with van der Waals surface area (Å²) in [6.45, 7) is 0. The molecular formula is C16H2Cl6O2S2. The minimum atomic E-state index is -0.415. The van der Waals surface area contributed by atoms with E-state index in [9.17, 15) is 9.59 Å². The lowest BCUT2D eigenvalue weighted by molar-refractivity contribution is 0.101. The van der Waals surface area contributed by atoms with E-state index in [1.54, 1.807) is 0 Å². The molecule has 0 radical (unpaired) electrons. The highest BCUT2D eigenvalue weighted by Gasteiger charge is 2.40. The number of hydrogen-bond acceptors (Lipinski definition) is 4. The van der Waals surface area contributed by atoms with Gasteiger partial charge in [0.05, 0.1) is 51.1 Å². The summed E-state index contributed by atoms with van der Waals surface area (Å²) in [6.07, 6.45) is 0. The zero-order chi connectivity index (χ0) is 18.9. The Bertz CT molecular complexity index is 1010. The van der Waals surface area contributed by atoms with Crippen molar-refractivity contribution < 1.29 is 9.59 Å². The van der Waals surface area contributed by atoms with Crippen LogP contribution in [0.2, 0.25) is 30.1 Å². The third-order valence-corrected chi connectivity index (χ3v) is 8.70. The van der Waals surface area contributed by atoms with Crippen LogP contribution >= 0.6 is 93.1 Å². The van der Waals surface area contributed by atoms with Crippen LogP contribution in [0.4, 0.5) is 0 Å². The molecule has 2 nitrogen and oxygen atoms in total. The lowest BCUT2D eigenvalue weighted by atomic mass is 10.1. The number of fused-ring (bicyclic) bond motifs is 2. The molecule has 0 amide bonds. The van der Waals surface area contributed by atoms with Crippen LogP contribution in [0.1, 0.15) is 20.7 Å². The lowest BCUT2D eigenvalue weighted by Crippen LogP contribution is -2.03. The zero-order valence-electron chi connectivity index (χ0n) is 12.1. The molecule has 0 bridgehead atoms.